The molecule has 3 heteroatoms. The van der Waals surface area contributed by atoms with E-state index >= 15 is 0 Å². The van der Waals surface area contributed by atoms with Crippen molar-refractivity contribution in [2.45, 2.75) is 52.1 Å². The van der Waals surface area contributed by atoms with Gasteiger partial charge in [-0.2, -0.15) is 0 Å². The van der Waals surface area contributed by atoms with Gasteiger partial charge in [0, 0.05) is 49.5 Å². The van der Waals surface area contributed by atoms with Gasteiger partial charge in [-0.25, -0.2) is 0 Å². The number of para-hydroxylation sites is 1. The number of hydrogen-bond acceptors (Lipinski definition) is 3. The zero-order valence-corrected chi connectivity index (χ0v) is 15.3. The molecule has 1 aromatic carbocycles. The molecular formula is C21H27NO2. The molecule has 1 aliphatic carbocycles. The maximum atomic E-state index is 13.0. The summed E-state index contributed by atoms with van der Waals surface area (Å²) >= 11 is 0. The Balaban J connectivity index is 1.93. The number of ketones is 1. The first-order valence-electron chi connectivity index (χ1n) is 8.95. The molecule has 3 nitrogen and oxygen atoms in total. The van der Waals surface area contributed by atoms with Crippen molar-refractivity contribution < 1.29 is 9.53 Å². The predicted molar refractivity (Wildman–Crippen MR) is 96.2 cm³/mol. The van der Waals surface area contributed by atoms with Gasteiger partial charge >= 0.3 is 0 Å². The molecule has 3 aliphatic rings. The number of fused-ring (bicyclic) bond motifs is 4. The van der Waals surface area contributed by atoms with Crippen LogP contribution in [0.3, 0.4) is 0 Å². The Kier molecular flexibility index (Phi) is 3.20. The Morgan fingerprint density at radius 3 is 2.58 bits per heavy atom. The predicted octanol–water partition coefficient (Wildman–Crippen LogP) is 4.29. The van der Waals surface area contributed by atoms with E-state index in [1.54, 1.807) is 0 Å². The molecule has 0 fully saturated rings. The quantitative estimate of drug-likeness (QED) is 0.713. The molecule has 0 bridgehead atoms. The topological polar surface area (TPSA) is 29.5 Å². The SMILES string of the molecule is CN1C[C@H]2[C@H](C3=C(CC(C)(C)CC3=O)OC2(C)C)c2ccccc21. The van der Waals surface area contributed by atoms with Gasteiger partial charge < -0.3 is 9.64 Å². The number of allylic oxidation sites excluding steroid dienone is 2. The number of carbonyl (C=O) groups is 1. The van der Waals surface area contributed by atoms with E-state index in [0.29, 0.717) is 12.3 Å². The van der Waals surface area contributed by atoms with E-state index < -0.39 is 0 Å². The minimum atomic E-state index is -0.265. The Bertz CT molecular complexity index is 744. The Hall–Kier alpha value is -1.77. The van der Waals surface area contributed by atoms with Crippen LogP contribution in [-0.4, -0.2) is 25.0 Å². The standard InChI is InChI=1S/C21H27NO2/c1-20(2)10-16(23)19-17(11-20)24-21(3,4)14-12-22(5)15-9-7-6-8-13(15)18(14)19/h6-9,14,18H,10-12H2,1-5H3/t14-,18+/m0/s1. The van der Waals surface area contributed by atoms with Crippen molar-refractivity contribution in [3.8, 4) is 0 Å². The molecule has 4 rings (SSSR count). The molecular weight excluding hydrogens is 298 g/mol. The molecule has 2 aliphatic heterocycles. The van der Waals surface area contributed by atoms with E-state index in [1.165, 1.54) is 11.3 Å². The summed E-state index contributed by atoms with van der Waals surface area (Å²) in [6, 6.07) is 8.55. The highest BCUT2D eigenvalue weighted by Crippen LogP contribution is 2.55. The second-order valence-electron chi connectivity index (χ2n) is 9.01. The van der Waals surface area contributed by atoms with Crippen LogP contribution in [0.2, 0.25) is 0 Å². The van der Waals surface area contributed by atoms with Crippen LogP contribution in [-0.2, 0) is 9.53 Å². The summed E-state index contributed by atoms with van der Waals surface area (Å²) < 4.78 is 6.45. The van der Waals surface area contributed by atoms with Crippen LogP contribution in [0.4, 0.5) is 5.69 Å². The van der Waals surface area contributed by atoms with Crippen molar-refractivity contribution in [2.24, 2.45) is 11.3 Å². The van der Waals surface area contributed by atoms with Gasteiger partial charge in [0.2, 0.25) is 0 Å². The number of ether oxygens (including phenoxy) is 1. The molecule has 2 atom stereocenters. The average molecular weight is 325 g/mol. The largest absolute Gasteiger partial charge is 0.491 e. The summed E-state index contributed by atoms with van der Waals surface area (Å²) in [7, 11) is 2.14. The van der Waals surface area contributed by atoms with E-state index in [-0.39, 0.29) is 22.7 Å². The summed E-state index contributed by atoms with van der Waals surface area (Å²) in [5, 5.41) is 0. The summed E-state index contributed by atoms with van der Waals surface area (Å²) in [6.45, 7) is 9.62. The van der Waals surface area contributed by atoms with Crippen LogP contribution in [0.25, 0.3) is 0 Å². The van der Waals surface area contributed by atoms with Crippen LogP contribution in [0.1, 0.15) is 52.0 Å². The van der Waals surface area contributed by atoms with Gasteiger partial charge in [0.1, 0.15) is 11.4 Å². The fourth-order valence-corrected chi connectivity index (χ4v) is 4.90. The molecule has 0 unspecified atom stereocenters. The minimum Gasteiger partial charge on any atom is -0.491 e. The third-order valence-electron chi connectivity index (χ3n) is 6.03. The Morgan fingerprint density at radius 2 is 1.83 bits per heavy atom. The number of anilines is 1. The van der Waals surface area contributed by atoms with Crippen molar-refractivity contribution in [1.82, 2.24) is 0 Å². The highest BCUT2D eigenvalue weighted by molar-refractivity contribution is 5.99. The minimum absolute atomic E-state index is 0.0101. The smallest absolute Gasteiger partial charge is 0.163 e. The van der Waals surface area contributed by atoms with E-state index in [4.69, 9.17) is 4.74 Å². The maximum Gasteiger partial charge on any atom is 0.163 e. The molecule has 2 heterocycles. The fraction of sp³-hybridized carbons (Fsp3) is 0.571. The zero-order valence-electron chi connectivity index (χ0n) is 15.3. The third-order valence-corrected chi connectivity index (χ3v) is 6.03. The molecule has 0 N–H and O–H groups in total. The molecule has 128 valence electrons. The molecule has 0 radical (unpaired) electrons. The van der Waals surface area contributed by atoms with Gasteiger partial charge in [-0.15, -0.1) is 0 Å². The lowest BCUT2D eigenvalue weighted by molar-refractivity contribution is -0.123. The number of benzene rings is 1. The van der Waals surface area contributed by atoms with Crippen LogP contribution < -0.4 is 4.90 Å². The second kappa shape index (κ2) is 4.87. The lowest BCUT2D eigenvalue weighted by atomic mass is 9.63. The van der Waals surface area contributed by atoms with E-state index in [9.17, 15) is 4.79 Å². The van der Waals surface area contributed by atoms with Crippen molar-refractivity contribution >= 4 is 11.5 Å². The van der Waals surface area contributed by atoms with E-state index in [1.807, 2.05) is 0 Å². The highest BCUT2D eigenvalue weighted by Gasteiger charge is 2.52. The normalized spacial score (nSPS) is 30.2. The number of carbonyl (C=O) groups excluding carboxylic acids is 1. The van der Waals surface area contributed by atoms with Crippen LogP contribution in [0.5, 0.6) is 0 Å². The fourth-order valence-electron chi connectivity index (χ4n) is 4.90. The van der Waals surface area contributed by atoms with Crippen LogP contribution in [0.15, 0.2) is 35.6 Å². The second-order valence-corrected chi connectivity index (χ2v) is 9.01. The maximum absolute atomic E-state index is 13.0. The monoisotopic (exact) mass is 325 g/mol. The first-order valence-corrected chi connectivity index (χ1v) is 8.95. The third kappa shape index (κ3) is 2.21. The number of Topliss-reactive ketones (excluding diaryl/α,β-unsaturated/α-hetero) is 1. The van der Waals surface area contributed by atoms with Crippen molar-refractivity contribution in [2.75, 3.05) is 18.5 Å². The molecule has 0 spiro atoms. The van der Waals surface area contributed by atoms with Crippen molar-refractivity contribution in [3.05, 3.63) is 41.2 Å². The van der Waals surface area contributed by atoms with Crippen LogP contribution in [0, 0.1) is 11.3 Å². The van der Waals surface area contributed by atoms with Crippen molar-refractivity contribution in [3.63, 3.8) is 0 Å². The van der Waals surface area contributed by atoms with Crippen LogP contribution >= 0.6 is 0 Å². The number of rotatable bonds is 0. The van der Waals surface area contributed by atoms with Gasteiger partial charge in [-0.05, 0) is 30.9 Å². The first kappa shape index (κ1) is 15.7. The summed E-state index contributed by atoms with van der Waals surface area (Å²) in [6.07, 6.45) is 1.48. The number of hydrogen-bond donors (Lipinski definition) is 0. The molecule has 0 aromatic heterocycles. The molecule has 24 heavy (non-hydrogen) atoms. The van der Waals surface area contributed by atoms with Gasteiger partial charge in [-0.3, -0.25) is 4.79 Å². The summed E-state index contributed by atoms with van der Waals surface area (Å²) in [5.74, 6) is 1.69. The first-order chi connectivity index (χ1) is 11.2. The summed E-state index contributed by atoms with van der Waals surface area (Å²) in [5.41, 5.74) is 3.22. The summed E-state index contributed by atoms with van der Waals surface area (Å²) in [4.78, 5) is 15.4. The molecule has 0 saturated carbocycles. The Morgan fingerprint density at radius 1 is 1.12 bits per heavy atom. The van der Waals surface area contributed by atoms with E-state index in [2.05, 4.69) is 63.9 Å². The highest BCUT2D eigenvalue weighted by atomic mass is 16.5. The van der Waals surface area contributed by atoms with Gasteiger partial charge in [0.25, 0.3) is 0 Å². The molecule has 0 amide bonds. The lowest BCUT2D eigenvalue weighted by Gasteiger charge is -2.52. The molecule has 0 saturated heterocycles. The van der Waals surface area contributed by atoms with Gasteiger partial charge in [0.15, 0.2) is 5.78 Å². The molecule has 1 aromatic rings. The Labute approximate surface area is 144 Å². The zero-order chi connectivity index (χ0) is 17.3. The number of nitrogens with zero attached hydrogens (tertiary/aromatic N) is 1. The average Bonchev–Trinajstić information content (AvgIpc) is 2.46. The lowest BCUT2D eigenvalue weighted by Crippen LogP contribution is -2.52. The van der Waals surface area contributed by atoms with E-state index in [0.717, 1.165) is 24.3 Å². The van der Waals surface area contributed by atoms with Crippen molar-refractivity contribution in [1.29, 1.82) is 0 Å². The van der Waals surface area contributed by atoms with Gasteiger partial charge in [-0.1, -0.05) is 32.0 Å². The van der Waals surface area contributed by atoms with Gasteiger partial charge in [0.05, 0.1) is 0 Å².